The summed E-state index contributed by atoms with van der Waals surface area (Å²) in [6, 6.07) is 0. The van der Waals surface area contributed by atoms with Crippen molar-refractivity contribution in [1.82, 2.24) is 0 Å². The van der Waals surface area contributed by atoms with Gasteiger partial charge in [-0.2, -0.15) is 0 Å². The molecule has 1 heteroatoms. The van der Waals surface area contributed by atoms with Crippen LogP contribution in [-0.4, -0.2) is 6.10 Å². The van der Waals surface area contributed by atoms with Crippen LogP contribution in [0.15, 0.2) is 25.0 Å². The molecule has 0 bridgehead atoms. The van der Waals surface area contributed by atoms with Gasteiger partial charge in [-0.15, -0.1) is 0 Å². The molecule has 1 nitrogen and oxygen atoms in total. The minimum Gasteiger partial charge on any atom is -0.491 e. The first-order valence-electron chi connectivity index (χ1n) is 3.56. The van der Waals surface area contributed by atoms with Gasteiger partial charge in [0, 0.05) is 5.92 Å². The second-order valence-corrected chi connectivity index (χ2v) is 2.68. The van der Waals surface area contributed by atoms with Crippen molar-refractivity contribution in [2.45, 2.75) is 26.9 Å². The first-order valence-corrected chi connectivity index (χ1v) is 3.56. The van der Waals surface area contributed by atoms with Crippen molar-refractivity contribution in [2.24, 2.45) is 5.92 Å². The van der Waals surface area contributed by atoms with Crippen LogP contribution < -0.4 is 0 Å². The van der Waals surface area contributed by atoms with Crippen LogP contribution in [-0.2, 0) is 4.74 Å². The minimum atomic E-state index is 0.0786. The zero-order valence-electron chi connectivity index (χ0n) is 7.05. The first kappa shape index (κ1) is 9.28. The highest BCUT2D eigenvalue weighted by molar-refractivity contribution is 4.90. The molecule has 0 aliphatic carbocycles. The SMILES string of the molecule is C=CC(C)OC(=C)C(C)C. The maximum atomic E-state index is 5.35. The maximum Gasteiger partial charge on any atom is 0.113 e. The molecule has 1 unspecified atom stereocenters. The molecule has 0 heterocycles. The van der Waals surface area contributed by atoms with Crippen molar-refractivity contribution in [3.8, 4) is 0 Å². The summed E-state index contributed by atoms with van der Waals surface area (Å²) in [4.78, 5) is 0. The number of rotatable bonds is 4. The van der Waals surface area contributed by atoms with Gasteiger partial charge in [0.25, 0.3) is 0 Å². The van der Waals surface area contributed by atoms with Gasteiger partial charge in [-0.25, -0.2) is 0 Å². The van der Waals surface area contributed by atoms with Gasteiger partial charge >= 0.3 is 0 Å². The Morgan fingerprint density at radius 3 is 2.20 bits per heavy atom. The highest BCUT2D eigenvalue weighted by Gasteiger charge is 2.03. The molecule has 58 valence electrons. The van der Waals surface area contributed by atoms with Gasteiger partial charge in [0.2, 0.25) is 0 Å². The van der Waals surface area contributed by atoms with E-state index in [-0.39, 0.29) is 6.10 Å². The Balaban J connectivity index is 3.68. The summed E-state index contributed by atoms with van der Waals surface area (Å²) in [6.45, 7) is 13.4. The van der Waals surface area contributed by atoms with Crippen molar-refractivity contribution >= 4 is 0 Å². The van der Waals surface area contributed by atoms with Crippen molar-refractivity contribution in [3.63, 3.8) is 0 Å². The van der Waals surface area contributed by atoms with E-state index in [0.717, 1.165) is 5.76 Å². The van der Waals surface area contributed by atoms with Gasteiger partial charge in [0.15, 0.2) is 0 Å². The van der Waals surface area contributed by atoms with Gasteiger partial charge in [-0.1, -0.05) is 33.1 Å². The zero-order chi connectivity index (χ0) is 8.15. The van der Waals surface area contributed by atoms with Crippen LogP contribution in [0.25, 0.3) is 0 Å². The summed E-state index contributed by atoms with van der Waals surface area (Å²) in [6.07, 6.45) is 1.84. The summed E-state index contributed by atoms with van der Waals surface area (Å²) in [5, 5.41) is 0. The molecule has 0 aromatic carbocycles. The number of ether oxygens (including phenoxy) is 1. The largest absolute Gasteiger partial charge is 0.491 e. The van der Waals surface area contributed by atoms with Crippen LogP contribution in [0.2, 0.25) is 0 Å². The van der Waals surface area contributed by atoms with Crippen LogP contribution in [0.1, 0.15) is 20.8 Å². The van der Waals surface area contributed by atoms with Gasteiger partial charge < -0.3 is 4.74 Å². The lowest BCUT2D eigenvalue weighted by Gasteiger charge is -2.15. The molecule has 0 spiro atoms. The molecule has 0 aromatic rings. The molecule has 0 saturated carbocycles. The third-order valence-electron chi connectivity index (χ3n) is 1.31. The third kappa shape index (κ3) is 3.33. The summed E-state index contributed by atoms with van der Waals surface area (Å²) >= 11 is 0. The molecule has 0 aliphatic rings. The highest BCUT2D eigenvalue weighted by atomic mass is 16.5. The maximum absolute atomic E-state index is 5.35. The van der Waals surface area contributed by atoms with Crippen LogP contribution >= 0.6 is 0 Å². The van der Waals surface area contributed by atoms with Crippen molar-refractivity contribution < 1.29 is 4.74 Å². The average Bonchev–Trinajstić information content (AvgIpc) is 1.87. The molecule has 0 aromatic heterocycles. The van der Waals surface area contributed by atoms with E-state index in [1.165, 1.54) is 0 Å². The van der Waals surface area contributed by atoms with E-state index in [0.29, 0.717) is 5.92 Å². The van der Waals surface area contributed by atoms with Crippen LogP contribution in [0.5, 0.6) is 0 Å². The molecule has 0 rings (SSSR count). The van der Waals surface area contributed by atoms with E-state index in [9.17, 15) is 0 Å². The Hall–Kier alpha value is -0.720. The van der Waals surface area contributed by atoms with Gasteiger partial charge in [0.1, 0.15) is 6.10 Å². The van der Waals surface area contributed by atoms with E-state index in [2.05, 4.69) is 27.0 Å². The fourth-order valence-electron chi connectivity index (χ4n) is 0.423. The van der Waals surface area contributed by atoms with Crippen LogP contribution in [0, 0.1) is 5.92 Å². The van der Waals surface area contributed by atoms with Gasteiger partial charge in [-0.05, 0) is 6.92 Å². The standard InChI is InChI=1S/C9H16O/c1-6-8(4)10-9(5)7(2)3/h6-8H,1,5H2,2-4H3. The van der Waals surface area contributed by atoms with Crippen molar-refractivity contribution in [3.05, 3.63) is 25.0 Å². The molecular weight excluding hydrogens is 124 g/mol. The topological polar surface area (TPSA) is 9.23 Å². The normalized spacial score (nSPS) is 12.8. The molecule has 0 fully saturated rings. The third-order valence-corrected chi connectivity index (χ3v) is 1.31. The summed E-state index contributed by atoms with van der Waals surface area (Å²) in [5.74, 6) is 1.22. The van der Waals surface area contributed by atoms with E-state index in [1.54, 1.807) is 6.08 Å². The summed E-state index contributed by atoms with van der Waals surface area (Å²) in [7, 11) is 0. The Labute approximate surface area is 63.4 Å². The fraction of sp³-hybridized carbons (Fsp3) is 0.556. The zero-order valence-corrected chi connectivity index (χ0v) is 7.05. The molecule has 0 amide bonds. The quantitative estimate of drug-likeness (QED) is 0.431. The molecule has 1 atom stereocenters. The van der Waals surface area contributed by atoms with Gasteiger partial charge in [0.05, 0.1) is 5.76 Å². The number of allylic oxidation sites excluding steroid dienone is 1. The van der Waals surface area contributed by atoms with E-state index in [1.807, 2.05) is 6.92 Å². The van der Waals surface area contributed by atoms with Crippen molar-refractivity contribution in [2.75, 3.05) is 0 Å². The Morgan fingerprint density at radius 1 is 1.40 bits per heavy atom. The van der Waals surface area contributed by atoms with Crippen LogP contribution in [0.4, 0.5) is 0 Å². The van der Waals surface area contributed by atoms with Crippen molar-refractivity contribution in [1.29, 1.82) is 0 Å². The Kier molecular flexibility index (Phi) is 3.85. The predicted octanol–water partition coefficient (Wildman–Crippen LogP) is 2.75. The monoisotopic (exact) mass is 140 g/mol. The smallest absolute Gasteiger partial charge is 0.113 e. The first-order chi connectivity index (χ1) is 4.57. The fourth-order valence-corrected chi connectivity index (χ4v) is 0.423. The highest BCUT2D eigenvalue weighted by Crippen LogP contribution is 2.10. The number of hydrogen-bond acceptors (Lipinski definition) is 1. The summed E-state index contributed by atoms with van der Waals surface area (Å²) in [5.41, 5.74) is 0. The van der Waals surface area contributed by atoms with E-state index < -0.39 is 0 Å². The Bertz CT molecular complexity index is 125. The molecule has 10 heavy (non-hydrogen) atoms. The minimum absolute atomic E-state index is 0.0786. The van der Waals surface area contributed by atoms with E-state index >= 15 is 0 Å². The second-order valence-electron chi connectivity index (χ2n) is 2.68. The molecule has 0 radical (unpaired) electrons. The van der Waals surface area contributed by atoms with Gasteiger partial charge in [-0.3, -0.25) is 0 Å². The molecular formula is C9H16O. The summed E-state index contributed by atoms with van der Waals surface area (Å²) < 4.78 is 5.35. The lowest BCUT2D eigenvalue weighted by atomic mass is 10.2. The molecule has 0 aliphatic heterocycles. The lowest BCUT2D eigenvalue weighted by Crippen LogP contribution is -2.06. The van der Waals surface area contributed by atoms with E-state index in [4.69, 9.17) is 4.74 Å². The average molecular weight is 140 g/mol. The Morgan fingerprint density at radius 2 is 1.90 bits per heavy atom. The molecule has 0 saturated heterocycles. The predicted molar refractivity (Wildman–Crippen MR) is 44.7 cm³/mol. The second kappa shape index (κ2) is 4.15. The van der Waals surface area contributed by atoms with Crippen LogP contribution in [0.3, 0.4) is 0 Å². The number of hydrogen-bond donors (Lipinski definition) is 0. The molecule has 0 N–H and O–H groups in total. The lowest BCUT2D eigenvalue weighted by molar-refractivity contribution is 0.148.